The molecule has 1 amide bonds. The molecule has 5 nitrogen and oxygen atoms in total. The van der Waals surface area contributed by atoms with Gasteiger partial charge in [-0.25, -0.2) is 13.6 Å². The van der Waals surface area contributed by atoms with E-state index in [9.17, 15) is 13.2 Å². The van der Waals surface area contributed by atoms with E-state index in [0.29, 0.717) is 18.5 Å². The number of nitrogens with one attached hydrogen (secondary N) is 1. The summed E-state index contributed by atoms with van der Waals surface area (Å²) >= 11 is 0. The van der Waals surface area contributed by atoms with Gasteiger partial charge in [0, 0.05) is 12.1 Å². The molecule has 0 aliphatic heterocycles. The zero-order valence-corrected chi connectivity index (χ0v) is 15.6. The molecule has 134 valence electrons. The minimum absolute atomic E-state index is 0.0180. The Balaban J connectivity index is 1.90. The second-order valence-corrected chi connectivity index (χ2v) is 8.63. The summed E-state index contributed by atoms with van der Waals surface area (Å²) in [6.07, 6.45) is 0.997. The van der Waals surface area contributed by atoms with Crippen molar-refractivity contribution in [2.24, 2.45) is 5.14 Å². The van der Waals surface area contributed by atoms with Gasteiger partial charge in [0.15, 0.2) is 0 Å². The number of benzene rings is 2. The Morgan fingerprint density at radius 3 is 2.04 bits per heavy atom. The van der Waals surface area contributed by atoms with E-state index in [1.807, 2.05) is 0 Å². The van der Waals surface area contributed by atoms with Crippen molar-refractivity contribution in [1.82, 2.24) is 0 Å². The molecule has 0 radical (unpaired) electrons. The highest BCUT2D eigenvalue weighted by Gasteiger charge is 2.13. The number of carbonyl (C=O) groups excluding carboxylic acids is 1. The van der Waals surface area contributed by atoms with E-state index in [1.165, 1.54) is 29.8 Å². The molecule has 0 heterocycles. The standard InChI is InChI=1S/C19H24N2O3S/c1-19(2,3)15-7-4-14(5-8-15)6-13-18(22)21-16-9-11-17(12-10-16)25(20,23)24/h4-5,7-12H,6,13H2,1-3H3,(H,21,22)(H2,20,23,24). The van der Waals surface area contributed by atoms with Crippen LogP contribution in [0.5, 0.6) is 0 Å². The first-order chi connectivity index (χ1) is 11.6. The van der Waals surface area contributed by atoms with Crippen LogP contribution in [0.3, 0.4) is 0 Å². The SMILES string of the molecule is CC(C)(C)c1ccc(CCC(=O)Nc2ccc(S(N)(=O)=O)cc2)cc1. The van der Waals surface area contributed by atoms with Gasteiger partial charge in [-0.2, -0.15) is 0 Å². The zero-order chi connectivity index (χ0) is 18.7. The van der Waals surface area contributed by atoms with Gasteiger partial charge in [-0.05, 0) is 47.2 Å². The van der Waals surface area contributed by atoms with Gasteiger partial charge in [-0.1, -0.05) is 45.0 Å². The Morgan fingerprint density at radius 1 is 1.00 bits per heavy atom. The number of anilines is 1. The number of nitrogens with two attached hydrogens (primary N) is 1. The van der Waals surface area contributed by atoms with Crippen LogP contribution in [0.25, 0.3) is 0 Å². The topological polar surface area (TPSA) is 89.3 Å². The largest absolute Gasteiger partial charge is 0.326 e. The molecule has 2 rings (SSSR count). The number of hydrogen-bond acceptors (Lipinski definition) is 3. The quantitative estimate of drug-likeness (QED) is 0.858. The fraction of sp³-hybridized carbons (Fsp3) is 0.316. The average Bonchev–Trinajstić information content (AvgIpc) is 2.52. The van der Waals surface area contributed by atoms with Gasteiger partial charge in [0.05, 0.1) is 4.90 Å². The summed E-state index contributed by atoms with van der Waals surface area (Å²) in [5.74, 6) is -0.122. The van der Waals surface area contributed by atoms with Crippen molar-refractivity contribution in [1.29, 1.82) is 0 Å². The molecule has 0 fully saturated rings. The normalized spacial score (nSPS) is 12.0. The van der Waals surface area contributed by atoms with Crippen molar-refractivity contribution in [3.05, 3.63) is 59.7 Å². The van der Waals surface area contributed by atoms with E-state index < -0.39 is 10.0 Å². The van der Waals surface area contributed by atoms with Crippen molar-refractivity contribution >= 4 is 21.6 Å². The number of rotatable bonds is 5. The van der Waals surface area contributed by atoms with E-state index in [0.717, 1.165) is 5.56 Å². The number of aryl methyl sites for hydroxylation is 1. The second kappa shape index (κ2) is 7.37. The monoisotopic (exact) mass is 360 g/mol. The molecule has 0 spiro atoms. The van der Waals surface area contributed by atoms with Gasteiger partial charge in [0.2, 0.25) is 15.9 Å². The van der Waals surface area contributed by atoms with Gasteiger partial charge in [-0.3, -0.25) is 4.79 Å². The van der Waals surface area contributed by atoms with E-state index in [-0.39, 0.29) is 16.2 Å². The molecule has 0 aliphatic rings. The lowest BCUT2D eigenvalue weighted by molar-refractivity contribution is -0.116. The first-order valence-corrected chi connectivity index (χ1v) is 9.62. The average molecular weight is 360 g/mol. The van der Waals surface area contributed by atoms with Crippen LogP contribution >= 0.6 is 0 Å². The van der Waals surface area contributed by atoms with Gasteiger partial charge < -0.3 is 5.32 Å². The summed E-state index contributed by atoms with van der Waals surface area (Å²) in [5.41, 5.74) is 3.02. The molecule has 25 heavy (non-hydrogen) atoms. The van der Waals surface area contributed by atoms with Crippen LogP contribution in [0.4, 0.5) is 5.69 Å². The molecule has 0 aliphatic carbocycles. The van der Waals surface area contributed by atoms with Crippen molar-refractivity contribution in [2.45, 2.75) is 43.9 Å². The predicted molar refractivity (Wildman–Crippen MR) is 99.9 cm³/mol. The van der Waals surface area contributed by atoms with Crippen LogP contribution in [-0.2, 0) is 26.7 Å². The van der Waals surface area contributed by atoms with Gasteiger partial charge >= 0.3 is 0 Å². The van der Waals surface area contributed by atoms with Crippen molar-refractivity contribution in [3.8, 4) is 0 Å². The lowest BCUT2D eigenvalue weighted by Gasteiger charge is -2.19. The molecule has 2 aromatic carbocycles. The van der Waals surface area contributed by atoms with E-state index in [1.54, 1.807) is 0 Å². The molecular formula is C19H24N2O3S. The van der Waals surface area contributed by atoms with Gasteiger partial charge in [0.25, 0.3) is 0 Å². The molecule has 2 aromatic rings. The van der Waals surface area contributed by atoms with E-state index in [4.69, 9.17) is 5.14 Å². The number of hydrogen-bond donors (Lipinski definition) is 2. The Bertz CT molecular complexity index is 834. The number of primary sulfonamides is 1. The van der Waals surface area contributed by atoms with Crippen molar-refractivity contribution < 1.29 is 13.2 Å². The van der Waals surface area contributed by atoms with E-state index in [2.05, 4.69) is 50.4 Å². The molecule has 0 bridgehead atoms. The maximum Gasteiger partial charge on any atom is 0.238 e. The number of sulfonamides is 1. The van der Waals surface area contributed by atoms with Crippen molar-refractivity contribution in [2.75, 3.05) is 5.32 Å². The predicted octanol–water partition coefficient (Wildman–Crippen LogP) is 3.20. The van der Waals surface area contributed by atoms with Crippen LogP contribution in [0.1, 0.15) is 38.3 Å². The summed E-state index contributed by atoms with van der Waals surface area (Å²) in [6.45, 7) is 6.49. The minimum Gasteiger partial charge on any atom is -0.326 e. The molecule has 0 saturated carbocycles. The third kappa shape index (κ3) is 5.69. The third-order valence-electron chi connectivity index (χ3n) is 3.93. The van der Waals surface area contributed by atoms with Gasteiger partial charge in [-0.15, -0.1) is 0 Å². The number of amides is 1. The Labute approximate surface area is 149 Å². The second-order valence-electron chi connectivity index (χ2n) is 7.06. The molecular weight excluding hydrogens is 336 g/mol. The smallest absolute Gasteiger partial charge is 0.238 e. The molecule has 0 saturated heterocycles. The highest BCUT2D eigenvalue weighted by atomic mass is 32.2. The van der Waals surface area contributed by atoms with Crippen molar-refractivity contribution in [3.63, 3.8) is 0 Å². The molecule has 0 atom stereocenters. The van der Waals surface area contributed by atoms with Crippen LogP contribution in [-0.4, -0.2) is 14.3 Å². The minimum atomic E-state index is -3.72. The van der Waals surface area contributed by atoms with Gasteiger partial charge in [0.1, 0.15) is 0 Å². The third-order valence-corrected chi connectivity index (χ3v) is 4.86. The summed E-state index contributed by atoms with van der Waals surface area (Å²) in [6, 6.07) is 14.1. The summed E-state index contributed by atoms with van der Waals surface area (Å²) in [5, 5.41) is 7.79. The summed E-state index contributed by atoms with van der Waals surface area (Å²) < 4.78 is 22.4. The zero-order valence-electron chi connectivity index (χ0n) is 14.7. The Morgan fingerprint density at radius 2 is 1.56 bits per heavy atom. The maximum absolute atomic E-state index is 12.0. The van der Waals surface area contributed by atoms with Crippen LogP contribution in [0.15, 0.2) is 53.4 Å². The first-order valence-electron chi connectivity index (χ1n) is 8.08. The fourth-order valence-corrected chi connectivity index (χ4v) is 2.90. The highest BCUT2D eigenvalue weighted by Crippen LogP contribution is 2.22. The van der Waals surface area contributed by atoms with Crippen LogP contribution in [0, 0.1) is 0 Å². The number of carbonyl (C=O) groups is 1. The first kappa shape index (κ1) is 19.1. The fourth-order valence-electron chi connectivity index (χ4n) is 2.38. The molecule has 3 N–H and O–H groups in total. The van der Waals surface area contributed by atoms with E-state index >= 15 is 0 Å². The molecule has 0 unspecified atom stereocenters. The van der Waals surface area contributed by atoms with Crippen LogP contribution < -0.4 is 10.5 Å². The Kier molecular flexibility index (Phi) is 5.65. The Hall–Kier alpha value is -2.18. The maximum atomic E-state index is 12.0. The molecule has 6 heteroatoms. The summed E-state index contributed by atoms with van der Waals surface area (Å²) in [4.78, 5) is 12.1. The highest BCUT2D eigenvalue weighted by molar-refractivity contribution is 7.89. The molecule has 0 aromatic heterocycles. The lowest BCUT2D eigenvalue weighted by atomic mass is 9.86. The summed E-state index contributed by atoms with van der Waals surface area (Å²) in [7, 11) is -3.72. The van der Waals surface area contributed by atoms with Crippen LogP contribution in [0.2, 0.25) is 0 Å². The lowest BCUT2D eigenvalue weighted by Crippen LogP contribution is -2.14.